The van der Waals surface area contributed by atoms with Crippen molar-refractivity contribution in [3.8, 4) is 0 Å². The van der Waals surface area contributed by atoms with Gasteiger partial charge in [-0.3, -0.25) is 4.79 Å². The molecule has 112 valence electrons. The zero-order valence-corrected chi connectivity index (χ0v) is 13.8. The molecule has 1 aromatic rings. The van der Waals surface area contributed by atoms with Gasteiger partial charge in [0.25, 0.3) is 5.91 Å². The van der Waals surface area contributed by atoms with Crippen LogP contribution in [0.25, 0.3) is 0 Å². The fourth-order valence-electron chi connectivity index (χ4n) is 1.94. The van der Waals surface area contributed by atoms with Crippen molar-refractivity contribution in [2.24, 2.45) is 11.1 Å². The minimum absolute atomic E-state index is 0.162. The van der Waals surface area contributed by atoms with Crippen molar-refractivity contribution in [1.82, 2.24) is 4.90 Å². The van der Waals surface area contributed by atoms with Crippen molar-refractivity contribution in [3.05, 3.63) is 34.1 Å². The second-order valence-corrected chi connectivity index (χ2v) is 6.57. The van der Waals surface area contributed by atoms with Crippen LogP contribution in [0.1, 0.15) is 37.6 Å². The van der Waals surface area contributed by atoms with Gasteiger partial charge in [-0.25, -0.2) is 4.39 Å². The lowest BCUT2D eigenvalue weighted by Gasteiger charge is -2.32. The maximum Gasteiger partial charge on any atom is 0.255 e. The van der Waals surface area contributed by atoms with Gasteiger partial charge in [-0.15, -0.1) is 0 Å². The molecule has 3 nitrogen and oxygen atoms in total. The summed E-state index contributed by atoms with van der Waals surface area (Å²) in [6, 6.07) is 4.15. The Bertz CT molecular complexity index is 477. The normalized spacial score (nSPS) is 11.5. The first-order chi connectivity index (χ1) is 9.30. The highest BCUT2D eigenvalue weighted by atomic mass is 79.9. The number of carbonyl (C=O) groups excluding carboxylic acids is 1. The summed E-state index contributed by atoms with van der Waals surface area (Å²) in [6.07, 6.45) is 0.847. The Hall–Kier alpha value is -0.940. The summed E-state index contributed by atoms with van der Waals surface area (Å²) in [6.45, 7) is 7.72. The van der Waals surface area contributed by atoms with Crippen LogP contribution in [0.2, 0.25) is 0 Å². The fraction of sp³-hybridized carbons (Fsp3) is 0.533. The molecule has 0 saturated heterocycles. The molecular formula is C15H22BrFN2O. The van der Waals surface area contributed by atoms with E-state index >= 15 is 0 Å². The molecule has 0 fully saturated rings. The van der Waals surface area contributed by atoms with Crippen LogP contribution in [0.15, 0.2) is 22.7 Å². The number of hydrogen-bond donors (Lipinski definition) is 1. The fourth-order valence-corrected chi connectivity index (χ4v) is 2.35. The van der Waals surface area contributed by atoms with Gasteiger partial charge in [0.05, 0.1) is 5.56 Å². The van der Waals surface area contributed by atoms with Crippen molar-refractivity contribution in [2.45, 2.75) is 27.2 Å². The smallest absolute Gasteiger partial charge is 0.255 e. The van der Waals surface area contributed by atoms with Crippen LogP contribution in [0.4, 0.5) is 4.39 Å². The molecule has 0 bridgehead atoms. The van der Waals surface area contributed by atoms with Gasteiger partial charge in [-0.2, -0.15) is 0 Å². The van der Waals surface area contributed by atoms with Gasteiger partial charge in [-0.1, -0.05) is 20.8 Å². The minimum Gasteiger partial charge on any atom is -0.338 e. The van der Waals surface area contributed by atoms with Gasteiger partial charge in [-0.05, 0) is 52.5 Å². The van der Waals surface area contributed by atoms with Crippen LogP contribution in [0, 0.1) is 11.2 Å². The summed E-state index contributed by atoms with van der Waals surface area (Å²) in [7, 11) is 0. The first-order valence-corrected chi connectivity index (χ1v) is 7.54. The molecule has 0 aliphatic heterocycles. The van der Waals surface area contributed by atoms with Gasteiger partial charge in [0.1, 0.15) is 5.82 Å². The Morgan fingerprint density at radius 1 is 1.45 bits per heavy atom. The molecule has 2 N–H and O–H groups in total. The van der Waals surface area contributed by atoms with E-state index in [1.54, 1.807) is 11.0 Å². The third kappa shape index (κ3) is 4.56. The predicted molar refractivity (Wildman–Crippen MR) is 83.1 cm³/mol. The van der Waals surface area contributed by atoms with Gasteiger partial charge in [0.15, 0.2) is 0 Å². The molecule has 0 radical (unpaired) electrons. The van der Waals surface area contributed by atoms with Gasteiger partial charge in [0, 0.05) is 17.6 Å². The van der Waals surface area contributed by atoms with Crippen LogP contribution in [-0.2, 0) is 0 Å². The lowest BCUT2D eigenvalue weighted by molar-refractivity contribution is 0.0688. The van der Waals surface area contributed by atoms with Crippen molar-refractivity contribution < 1.29 is 9.18 Å². The van der Waals surface area contributed by atoms with E-state index in [1.165, 1.54) is 12.1 Å². The van der Waals surface area contributed by atoms with E-state index in [-0.39, 0.29) is 11.3 Å². The van der Waals surface area contributed by atoms with Gasteiger partial charge in [0.2, 0.25) is 0 Å². The first-order valence-electron chi connectivity index (χ1n) is 6.75. The lowest BCUT2D eigenvalue weighted by atomic mass is 9.92. The molecule has 5 heteroatoms. The third-order valence-electron chi connectivity index (χ3n) is 3.11. The Balaban J connectivity index is 3.02. The number of amides is 1. The number of nitrogens with two attached hydrogens (primary N) is 1. The molecule has 0 unspecified atom stereocenters. The maximum absolute atomic E-state index is 13.3. The Morgan fingerprint density at radius 3 is 2.65 bits per heavy atom. The first kappa shape index (κ1) is 17.1. The predicted octanol–water partition coefficient (Wildman–Crippen LogP) is 3.43. The van der Waals surface area contributed by atoms with Crippen molar-refractivity contribution in [2.75, 3.05) is 19.6 Å². The molecule has 0 atom stereocenters. The Labute approximate surface area is 128 Å². The summed E-state index contributed by atoms with van der Waals surface area (Å²) in [4.78, 5) is 14.3. The summed E-state index contributed by atoms with van der Waals surface area (Å²) in [5.41, 5.74) is 5.93. The highest BCUT2D eigenvalue weighted by Crippen LogP contribution is 2.22. The van der Waals surface area contributed by atoms with Gasteiger partial charge >= 0.3 is 0 Å². The van der Waals surface area contributed by atoms with Gasteiger partial charge < -0.3 is 10.6 Å². The summed E-state index contributed by atoms with van der Waals surface area (Å²) >= 11 is 3.31. The molecule has 0 aromatic heterocycles. The summed E-state index contributed by atoms with van der Waals surface area (Å²) in [5.74, 6) is -0.578. The van der Waals surface area contributed by atoms with E-state index < -0.39 is 5.82 Å². The topological polar surface area (TPSA) is 46.3 Å². The number of halogens is 2. The van der Waals surface area contributed by atoms with E-state index in [1.807, 2.05) is 20.8 Å². The zero-order valence-electron chi connectivity index (χ0n) is 12.2. The summed E-state index contributed by atoms with van der Waals surface area (Å²) in [5, 5.41) is 0. The standard InChI is InChI=1S/C15H22BrFN2O/c1-4-7-19(10-15(2,3)9-18)14(20)12-8-11(17)5-6-13(12)16/h5-6,8H,4,7,9-10,18H2,1-3H3. The molecule has 1 rings (SSSR count). The monoisotopic (exact) mass is 344 g/mol. The lowest BCUT2D eigenvalue weighted by Crippen LogP contribution is -2.42. The maximum atomic E-state index is 13.3. The third-order valence-corrected chi connectivity index (χ3v) is 3.80. The summed E-state index contributed by atoms with van der Waals surface area (Å²) < 4.78 is 14.0. The van der Waals surface area contributed by atoms with Crippen molar-refractivity contribution >= 4 is 21.8 Å². The Morgan fingerprint density at radius 2 is 2.10 bits per heavy atom. The second-order valence-electron chi connectivity index (χ2n) is 5.72. The van der Waals surface area contributed by atoms with Crippen molar-refractivity contribution in [1.29, 1.82) is 0 Å². The average Bonchev–Trinajstić information content (AvgIpc) is 2.40. The largest absolute Gasteiger partial charge is 0.338 e. The number of rotatable bonds is 6. The SMILES string of the molecule is CCCN(CC(C)(C)CN)C(=O)c1cc(F)ccc1Br. The highest BCUT2D eigenvalue weighted by molar-refractivity contribution is 9.10. The van der Waals surface area contributed by atoms with Crippen LogP contribution >= 0.6 is 15.9 Å². The number of nitrogens with zero attached hydrogens (tertiary/aromatic N) is 1. The molecule has 1 aromatic carbocycles. The van der Waals surface area contributed by atoms with Crippen molar-refractivity contribution in [3.63, 3.8) is 0 Å². The second kappa shape index (κ2) is 7.18. The quantitative estimate of drug-likeness (QED) is 0.859. The van der Waals surface area contributed by atoms with Crippen LogP contribution < -0.4 is 5.73 Å². The molecule has 0 spiro atoms. The van der Waals surface area contributed by atoms with Crippen LogP contribution in [-0.4, -0.2) is 30.4 Å². The minimum atomic E-state index is -0.411. The van der Waals surface area contributed by atoms with E-state index in [9.17, 15) is 9.18 Å². The molecule has 0 heterocycles. The number of benzene rings is 1. The van der Waals surface area contributed by atoms with Crippen LogP contribution in [0.5, 0.6) is 0 Å². The van der Waals surface area contributed by atoms with E-state index in [0.29, 0.717) is 29.7 Å². The molecule has 20 heavy (non-hydrogen) atoms. The molecular weight excluding hydrogens is 323 g/mol. The van der Waals surface area contributed by atoms with E-state index in [2.05, 4.69) is 15.9 Å². The zero-order chi connectivity index (χ0) is 15.3. The highest BCUT2D eigenvalue weighted by Gasteiger charge is 2.25. The van der Waals surface area contributed by atoms with E-state index in [0.717, 1.165) is 6.42 Å². The molecule has 0 aliphatic carbocycles. The average molecular weight is 345 g/mol. The van der Waals surface area contributed by atoms with Crippen LogP contribution in [0.3, 0.4) is 0 Å². The van der Waals surface area contributed by atoms with E-state index in [4.69, 9.17) is 5.73 Å². The molecule has 0 saturated carbocycles. The number of hydrogen-bond acceptors (Lipinski definition) is 2. The Kier molecular flexibility index (Phi) is 6.14. The molecule has 1 amide bonds. The number of carbonyl (C=O) groups is 1. The molecule has 0 aliphatic rings.